The van der Waals surface area contributed by atoms with E-state index >= 15 is 0 Å². The van der Waals surface area contributed by atoms with Crippen LogP contribution in [0.1, 0.15) is 31.3 Å². The van der Waals surface area contributed by atoms with Gasteiger partial charge in [0.1, 0.15) is 11.1 Å². The van der Waals surface area contributed by atoms with Crippen LogP contribution < -0.4 is 10.7 Å². The third-order valence-corrected chi connectivity index (χ3v) is 6.65. The Labute approximate surface area is 216 Å². The quantitative estimate of drug-likeness (QED) is 0.286. The zero-order valence-electron chi connectivity index (χ0n) is 19.1. The maximum absolute atomic E-state index is 12.0. The van der Waals surface area contributed by atoms with Crippen molar-refractivity contribution in [2.45, 2.75) is 26.2 Å². The second-order valence-corrected chi connectivity index (χ2v) is 9.37. The molecule has 0 aliphatic rings. The number of halogens is 2. The summed E-state index contributed by atoms with van der Waals surface area (Å²) in [6.45, 7) is 5.61. The summed E-state index contributed by atoms with van der Waals surface area (Å²) in [5.41, 5.74) is 4.29. The number of carbonyl (C=O) groups is 2. The third kappa shape index (κ3) is 6.17. The predicted molar refractivity (Wildman–Crippen MR) is 138 cm³/mol. The summed E-state index contributed by atoms with van der Waals surface area (Å²) >= 11 is 14.7. The first kappa shape index (κ1) is 26.2. The summed E-state index contributed by atoms with van der Waals surface area (Å²) < 4.78 is 4.61. The van der Waals surface area contributed by atoms with Crippen molar-refractivity contribution in [3.05, 3.63) is 68.5 Å². The van der Waals surface area contributed by atoms with Crippen LogP contribution in [0.15, 0.2) is 52.9 Å². The molecule has 2 N–H and O–H groups in total. The number of nitriles is 1. The van der Waals surface area contributed by atoms with Crippen LogP contribution in [-0.4, -0.2) is 29.3 Å². The average Bonchev–Trinajstić information content (AvgIpc) is 3.31. The van der Waals surface area contributed by atoms with Gasteiger partial charge in [-0.3, -0.25) is 15.5 Å². The molecule has 3 rings (SSSR count). The molecule has 0 saturated heterocycles. The number of benzene rings is 2. The van der Waals surface area contributed by atoms with Crippen LogP contribution in [0.4, 0.5) is 10.5 Å². The first-order valence-electron chi connectivity index (χ1n) is 10.4. The highest BCUT2D eigenvalue weighted by Crippen LogP contribution is 2.43. The van der Waals surface area contributed by atoms with Crippen LogP contribution in [0.2, 0.25) is 10.0 Å². The molecule has 1 aromatic heterocycles. The molecule has 3 aromatic rings. The first-order chi connectivity index (χ1) is 16.7. The predicted octanol–water partition coefficient (Wildman–Crippen LogP) is 6.01. The van der Waals surface area contributed by atoms with Gasteiger partial charge in [0.25, 0.3) is 5.91 Å². The van der Waals surface area contributed by atoms with Crippen molar-refractivity contribution in [3.8, 4) is 17.3 Å². The number of anilines is 1. The number of thiazole rings is 1. The number of aromatic nitrogens is 1. The molecule has 8 nitrogen and oxygen atoms in total. The second-order valence-electron chi connectivity index (χ2n) is 7.70. The molecule has 0 unspecified atom stereocenters. The highest BCUT2D eigenvalue weighted by Gasteiger charge is 2.32. The van der Waals surface area contributed by atoms with Gasteiger partial charge in [0.15, 0.2) is 0 Å². The van der Waals surface area contributed by atoms with Crippen LogP contribution in [0.25, 0.3) is 11.3 Å². The first-order valence-corrected chi connectivity index (χ1v) is 12.0. The molecule has 0 atom stereocenters. The van der Waals surface area contributed by atoms with Crippen LogP contribution in [0.3, 0.4) is 0 Å². The molecule has 2 amide bonds. The maximum Gasteiger partial charge on any atom is 0.414 e. The summed E-state index contributed by atoms with van der Waals surface area (Å²) in [6, 6.07) is 14.6. The molecule has 0 saturated carbocycles. The number of alkyl carbamates (subject to hydrolysis) is 1. The number of carbonyl (C=O) groups excluding carboxylic acids is 2. The Kier molecular flexibility index (Phi) is 8.46. The summed E-state index contributed by atoms with van der Waals surface area (Å²) in [5, 5.41) is 18.4. The monoisotopic (exact) mass is 529 g/mol. The van der Waals surface area contributed by atoms with Gasteiger partial charge in [-0.2, -0.15) is 10.4 Å². The van der Waals surface area contributed by atoms with E-state index in [9.17, 15) is 14.9 Å². The number of nitrogens with zero attached hydrogens (tertiary/aromatic N) is 3. The summed E-state index contributed by atoms with van der Waals surface area (Å²) in [4.78, 5) is 28.2. The summed E-state index contributed by atoms with van der Waals surface area (Å²) in [6.07, 6.45) is -0.976. The fraction of sp³-hybridized carbons (Fsp3) is 0.208. The lowest BCUT2D eigenvalue weighted by Crippen LogP contribution is -2.36. The smallest absolute Gasteiger partial charge is 0.414 e. The van der Waals surface area contributed by atoms with Gasteiger partial charge >= 0.3 is 6.09 Å². The molecule has 0 bridgehead atoms. The Hall–Kier alpha value is -3.45. The molecule has 35 heavy (non-hydrogen) atoms. The van der Waals surface area contributed by atoms with Crippen molar-refractivity contribution in [3.63, 3.8) is 0 Å². The van der Waals surface area contributed by atoms with E-state index in [1.165, 1.54) is 11.3 Å². The Balaban J connectivity index is 1.84. The van der Waals surface area contributed by atoms with E-state index in [2.05, 4.69) is 15.3 Å². The number of nitrogens with one attached hydrogen (secondary N) is 2. The number of ether oxygens (including phenoxy) is 1. The van der Waals surface area contributed by atoms with Gasteiger partial charge in [0.05, 0.1) is 18.0 Å². The topological polar surface area (TPSA) is 116 Å². The van der Waals surface area contributed by atoms with E-state index in [0.717, 1.165) is 16.3 Å². The number of hydrazone groups is 1. The number of imide groups is 1. The molecule has 11 heteroatoms. The van der Waals surface area contributed by atoms with Crippen molar-refractivity contribution in [1.82, 2.24) is 10.3 Å². The SMILES string of the molecule is CCOC(=O)NC(=O)C(C#N)=NNc1cc(Cl)c(C(C)(C)c2nc(-c3ccccc3)cs2)c(Cl)c1. The molecule has 0 fully saturated rings. The molecule has 0 aliphatic carbocycles. The lowest BCUT2D eigenvalue weighted by atomic mass is 9.85. The number of amides is 2. The van der Waals surface area contributed by atoms with E-state index in [1.807, 2.05) is 54.9 Å². The van der Waals surface area contributed by atoms with Gasteiger partial charge in [0, 0.05) is 32.0 Å². The Morgan fingerprint density at radius 1 is 1.20 bits per heavy atom. The Bertz CT molecular complexity index is 1290. The van der Waals surface area contributed by atoms with Crippen molar-refractivity contribution in [2.75, 3.05) is 12.0 Å². The highest BCUT2D eigenvalue weighted by molar-refractivity contribution is 7.10. The van der Waals surface area contributed by atoms with E-state index in [0.29, 0.717) is 21.3 Å². The molecule has 0 aliphatic heterocycles. The van der Waals surface area contributed by atoms with E-state index in [4.69, 9.17) is 28.2 Å². The fourth-order valence-corrected chi connectivity index (χ4v) is 5.13. The number of hydrogen-bond donors (Lipinski definition) is 2. The van der Waals surface area contributed by atoms with Crippen LogP contribution in [-0.2, 0) is 14.9 Å². The van der Waals surface area contributed by atoms with Crippen LogP contribution in [0.5, 0.6) is 0 Å². The molecule has 0 spiro atoms. The molecular formula is C24H21Cl2N5O3S. The largest absolute Gasteiger partial charge is 0.450 e. The van der Waals surface area contributed by atoms with E-state index in [1.54, 1.807) is 25.1 Å². The van der Waals surface area contributed by atoms with Crippen LogP contribution >= 0.6 is 34.5 Å². The van der Waals surface area contributed by atoms with Gasteiger partial charge in [0.2, 0.25) is 5.71 Å². The lowest BCUT2D eigenvalue weighted by Gasteiger charge is -2.25. The molecule has 2 aromatic carbocycles. The van der Waals surface area contributed by atoms with Gasteiger partial charge in [-0.1, -0.05) is 53.5 Å². The van der Waals surface area contributed by atoms with Crippen LogP contribution in [0, 0.1) is 11.3 Å². The molecular weight excluding hydrogens is 509 g/mol. The number of hydrogen-bond acceptors (Lipinski definition) is 8. The summed E-state index contributed by atoms with van der Waals surface area (Å²) in [5.74, 6) is -1.01. The van der Waals surface area contributed by atoms with Crippen molar-refractivity contribution in [2.24, 2.45) is 5.10 Å². The van der Waals surface area contributed by atoms with E-state index in [-0.39, 0.29) is 6.61 Å². The third-order valence-electron chi connectivity index (χ3n) is 4.88. The Morgan fingerprint density at radius 2 is 1.86 bits per heavy atom. The van der Waals surface area contributed by atoms with Gasteiger partial charge in [-0.05, 0) is 32.9 Å². The summed E-state index contributed by atoms with van der Waals surface area (Å²) in [7, 11) is 0. The normalized spacial score (nSPS) is 11.5. The van der Waals surface area contributed by atoms with Gasteiger partial charge in [-0.25, -0.2) is 9.78 Å². The van der Waals surface area contributed by atoms with E-state index < -0.39 is 23.1 Å². The minimum absolute atomic E-state index is 0.0741. The molecule has 180 valence electrons. The minimum Gasteiger partial charge on any atom is -0.450 e. The standard InChI is InChI=1S/C24H21Cl2N5O3S/c1-4-34-23(33)29-21(32)18(12-27)31-30-15-10-16(25)20(17(26)11-15)24(2,3)22-28-19(13-35-22)14-8-6-5-7-9-14/h5-11,13,30H,4H2,1-3H3,(H,29,32,33). The Morgan fingerprint density at radius 3 is 2.46 bits per heavy atom. The number of rotatable bonds is 7. The average molecular weight is 530 g/mol. The molecule has 1 heterocycles. The van der Waals surface area contributed by atoms with Crippen molar-refractivity contribution < 1.29 is 14.3 Å². The van der Waals surface area contributed by atoms with Gasteiger partial charge < -0.3 is 4.74 Å². The van der Waals surface area contributed by atoms with Crippen molar-refractivity contribution >= 4 is 57.9 Å². The zero-order valence-corrected chi connectivity index (χ0v) is 21.4. The van der Waals surface area contributed by atoms with Crippen molar-refractivity contribution in [1.29, 1.82) is 5.26 Å². The highest BCUT2D eigenvalue weighted by atomic mass is 35.5. The lowest BCUT2D eigenvalue weighted by molar-refractivity contribution is -0.114. The second kappa shape index (κ2) is 11.3. The maximum atomic E-state index is 12.0. The fourth-order valence-electron chi connectivity index (χ4n) is 3.21. The van der Waals surface area contributed by atoms with Gasteiger partial charge in [-0.15, -0.1) is 11.3 Å². The minimum atomic E-state index is -1.01. The zero-order chi connectivity index (χ0) is 25.6. The molecule has 0 radical (unpaired) electrons.